The highest BCUT2D eigenvalue weighted by molar-refractivity contribution is 7.07. The first kappa shape index (κ1) is 9.23. The molecule has 0 nitrogen and oxygen atoms in total. The van der Waals surface area contributed by atoms with Gasteiger partial charge in [-0.1, -0.05) is 6.42 Å². The second-order valence-corrected chi connectivity index (χ2v) is 6.03. The SMILES string of the molecule is ClC(Cc1ccsc1)C1C2CCCC21. The van der Waals surface area contributed by atoms with Crippen molar-refractivity contribution in [3.8, 4) is 0 Å². The molecule has 2 saturated carbocycles. The van der Waals surface area contributed by atoms with Gasteiger partial charge in [0.25, 0.3) is 0 Å². The van der Waals surface area contributed by atoms with Crippen LogP contribution in [0.15, 0.2) is 16.8 Å². The highest BCUT2D eigenvalue weighted by atomic mass is 35.5. The molecule has 2 fully saturated rings. The summed E-state index contributed by atoms with van der Waals surface area (Å²) in [7, 11) is 0. The number of fused-ring (bicyclic) bond motifs is 1. The van der Waals surface area contributed by atoms with Crippen molar-refractivity contribution >= 4 is 22.9 Å². The highest BCUT2D eigenvalue weighted by Crippen LogP contribution is 2.60. The molecule has 1 aromatic heterocycles. The zero-order valence-corrected chi connectivity index (χ0v) is 9.73. The summed E-state index contributed by atoms with van der Waals surface area (Å²) in [5.74, 6) is 2.84. The standard InChI is InChI=1S/C12H15ClS/c13-11(6-8-4-5-14-7-8)12-9-2-1-3-10(9)12/h4-5,7,9-12H,1-3,6H2. The van der Waals surface area contributed by atoms with Crippen molar-refractivity contribution in [2.24, 2.45) is 17.8 Å². The van der Waals surface area contributed by atoms with Gasteiger partial charge in [0.2, 0.25) is 0 Å². The van der Waals surface area contributed by atoms with E-state index in [1.54, 1.807) is 11.3 Å². The van der Waals surface area contributed by atoms with Gasteiger partial charge < -0.3 is 0 Å². The summed E-state index contributed by atoms with van der Waals surface area (Å²) in [6, 6.07) is 2.21. The summed E-state index contributed by atoms with van der Waals surface area (Å²) in [5, 5.41) is 4.78. The van der Waals surface area contributed by atoms with Crippen LogP contribution in [0, 0.1) is 17.8 Å². The van der Waals surface area contributed by atoms with Crippen molar-refractivity contribution in [1.29, 1.82) is 0 Å². The van der Waals surface area contributed by atoms with Crippen LogP contribution in [0.2, 0.25) is 0 Å². The summed E-state index contributed by atoms with van der Waals surface area (Å²) in [6.07, 6.45) is 5.43. The molecule has 3 atom stereocenters. The predicted molar refractivity (Wildman–Crippen MR) is 62.0 cm³/mol. The fraction of sp³-hybridized carbons (Fsp3) is 0.667. The number of rotatable bonds is 3. The number of alkyl halides is 1. The monoisotopic (exact) mass is 226 g/mol. The molecule has 0 radical (unpaired) electrons. The average molecular weight is 227 g/mol. The third kappa shape index (κ3) is 1.51. The van der Waals surface area contributed by atoms with Crippen LogP contribution in [0.25, 0.3) is 0 Å². The van der Waals surface area contributed by atoms with Gasteiger partial charge in [0.1, 0.15) is 0 Å². The molecule has 0 N–H and O–H groups in total. The zero-order chi connectivity index (χ0) is 9.54. The first-order valence-corrected chi connectivity index (χ1v) is 6.89. The maximum atomic E-state index is 6.48. The minimum atomic E-state index is 0.403. The minimum Gasteiger partial charge on any atom is -0.152 e. The van der Waals surface area contributed by atoms with E-state index in [9.17, 15) is 0 Å². The van der Waals surface area contributed by atoms with Crippen molar-refractivity contribution in [3.63, 3.8) is 0 Å². The van der Waals surface area contributed by atoms with Crippen molar-refractivity contribution in [2.75, 3.05) is 0 Å². The molecular formula is C12H15ClS. The fourth-order valence-corrected chi connectivity index (χ4v) is 4.42. The van der Waals surface area contributed by atoms with Crippen LogP contribution in [-0.4, -0.2) is 5.38 Å². The van der Waals surface area contributed by atoms with E-state index < -0.39 is 0 Å². The van der Waals surface area contributed by atoms with Crippen LogP contribution in [0.1, 0.15) is 24.8 Å². The van der Waals surface area contributed by atoms with Gasteiger partial charge in [-0.3, -0.25) is 0 Å². The molecule has 0 aromatic carbocycles. The zero-order valence-electron chi connectivity index (χ0n) is 8.16. The molecule has 0 amide bonds. The normalized spacial score (nSPS) is 36.8. The molecule has 1 aromatic rings. The third-order valence-electron chi connectivity index (χ3n) is 3.90. The average Bonchev–Trinajstić information content (AvgIpc) is 2.63. The largest absolute Gasteiger partial charge is 0.152 e. The lowest BCUT2D eigenvalue weighted by Gasteiger charge is -2.09. The van der Waals surface area contributed by atoms with Gasteiger partial charge in [-0.2, -0.15) is 11.3 Å². The molecular weight excluding hydrogens is 212 g/mol. The Morgan fingerprint density at radius 1 is 1.43 bits per heavy atom. The molecule has 14 heavy (non-hydrogen) atoms. The summed E-state index contributed by atoms with van der Waals surface area (Å²) < 4.78 is 0. The second kappa shape index (κ2) is 3.53. The Morgan fingerprint density at radius 3 is 2.86 bits per heavy atom. The molecule has 3 unspecified atom stereocenters. The van der Waals surface area contributed by atoms with Crippen molar-refractivity contribution in [2.45, 2.75) is 31.1 Å². The van der Waals surface area contributed by atoms with Gasteiger partial charge in [0.15, 0.2) is 0 Å². The van der Waals surface area contributed by atoms with Crippen molar-refractivity contribution < 1.29 is 0 Å². The van der Waals surface area contributed by atoms with Gasteiger partial charge in [0, 0.05) is 5.38 Å². The van der Waals surface area contributed by atoms with Gasteiger partial charge >= 0.3 is 0 Å². The lowest BCUT2D eigenvalue weighted by Crippen LogP contribution is -2.09. The lowest BCUT2D eigenvalue weighted by atomic mass is 10.0. The molecule has 0 bridgehead atoms. The van der Waals surface area contributed by atoms with Crippen LogP contribution >= 0.6 is 22.9 Å². The quantitative estimate of drug-likeness (QED) is 0.685. The second-order valence-electron chi connectivity index (χ2n) is 4.69. The maximum absolute atomic E-state index is 6.48. The first-order chi connectivity index (χ1) is 6.86. The Morgan fingerprint density at radius 2 is 2.21 bits per heavy atom. The highest BCUT2D eigenvalue weighted by Gasteiger charge is 2.55. The number of thiophene rings is 1. The van der Waals surface area contributed by atoms with Gasteiger partial charge in [-0.15, -0.1) is 11.6 Å². The summed E-state index contributed by atoms with van der Waals surface area (Å²) in [6.45, 7) is 0. The van der Waals surface area contributed by atoms with Gasteiger partial charge in [0.05, 0.1) is 0 Å². The van der Waals surface area contributed by atoms with Crippen LogP contribution in [-0.2, 0) is 6.42 Å². The van der Waals surface area contributed by atoms with Gasteiger partial charge in [-0.05, 0) is 59.4 Å². The minimum absolute atomic E-state index is 0.403. The number of halogens is 1. The van der Waals surface area contributed by atoms with E-state index >= 15 is 0 Å². The van der Waals surface area contributed by atoms with Gasteiger partial charge in [-0.25, -0.2) is 0 Å². The number of hydrogen-bond donors (Lipinski definition) is 0. The molecule has 76 valence electrons. The summed E-state index contributed by atoms with van der Waals surface area (Å²) in [5.41, 5.74) is 1.43. The molecule has 3 rings (SSSR count). The molecule has 1 heterocycles. The Bertz CT molecular complexity index is 296. The smallest absolute Gasteiger partial charge is 0.0410 e. The predicted octanol–water partition coefficient (Wildman–Crippen LogP) is 3.94. The molecule has 2 aliphatic carbocycles. The molecule has 2 heteroatoms. The number of hydrogen-bond acceptors (Lipinski definition) is 1. The van der Waals surface area contributed by atoms with Crippen molar-refractivity contribution in [3.05, 3.63) is 22.4 Å². The van der Waals surface area contributed by atoms with Crippen LogP contribution in [0.3, 0.4) is 0 Å². The van der Waals surface area contributed by atoms with E-state index in [-0.39, 0.29) is 0 Å². The fourth-order valence-electron chi connectivity index (χ4n) is 3.18. The summed E-state index contributed by atoms with van der Waals surface area (Å²) in [4.78, 5) is 0. The van der Waals surface area contributed by atoms with E-state index in [0.29, 0.717) is 5.38 Å². The Hall–Kier alpha value is -0.0100. The van der Waals surface area contributed by atoms with E-state index in [1.165, 1.54) is 24.8 Å². The van der Waals surface area contributed by atoms with E-state index in [0.717, 1.165) is 24.2 Å². The maximum Gasteiger partial charge on any atom is 0.0410 e. The molecule has 0 aliphatic heterocycles. The Balaban J connectivity index is 1.59. The van der Waals surface area contributed by atoms with Crippen LogP contribution in [0.5, 0.6) is 0 Å². The van der Waals surface area contributed by atoms with Crippen LogP contribution in [0.4, 0.5) is 0 Å². The van der Waals surface area contributed by atoms with Crippen LogP contribution < -0.4 is 0 Å². The Labute approximate surface area is 94.3 Å². The van der Waals surface area contributed by atoms with Crippen molar-refractivity contribution in [1.82, 2.24) is 0 Å². The van der Waals surface area contributed by atoms with E-state index in [2.05, 4.69) is 16.8 Å². The van der Waals surface area contributed by atoms with E-state index in [1.807, 2.05) is 0 Å². The first-order valence-electron chi connectivity index (χ1n) is 5.51. The topological polar surface area (TPSA) is 0 Å². The van der Waals surface area contributed by atoms with E-state index in [4.69, 9.17) is 11.6 Å². The lowest BCUT2D eigenvalue weighted by molar-refractivity contribution is 0.559. The summed E-state index contributed by atoms with van der Waals surface area (Å²) >= 11 is 8.25. The molecule has 0 saturated heterocycles. The Kier molecular flexibility index (Phi) is 2.33. The molecule has 2 aliphatic rings. The molecule has 0 spiro atoms. The third-order valence-corrected chi connectivity index (χ3v) is 5.08.